The Balaban J connectivity index is 1.69. The summed E-state index contributed by atoms with van der Waals surface area (Å²) in [7, 11) is -2.53. The number of nitrogens with one attached hydrogen (secondary N) is 1. The largest absolute Gasteiger partial charge is 0.495 e. The Morgan fingerprint density at radius 1 is 1.03 bits per heavy atom. The number of rotatable bonds is 8. The van der Waals surface area contributed by atoms with E-state index in [9.17, 15) is 13.2 Å². The molecule has 8 nitrogen and oxygen atoms in total. The lowest BCUT2D eigenvalue weighted by Crippen LogP contribution is -2.34. The molecule has 0 spiro atoms. The van der Waals surface area contributed by atoms with Crippen molar-refractivity contribution in [3.63, 3.8) is 0 Å². The molecule has 2 aromatic carbocycles. The van der Waals surface area contributed by atoms with Crippen LogP contribution in [0.2, 0.25) is 0 Å². The van der Waals surface area contributed by atoms with Gasteiger partial charge in [0.2, 0.25) is 0 Å². The fraction of sp³-hybridized carbons (Fsp3) is 0.120. The van der Waals surface area contributed by atoms with Gasteiger partial charge in [-0.05, 0) is 61.5 Å². The number of hydrogen-bond donors (Lipinski definition) is 1. The number of furan rings is 1. The number of sulfonamides is 1. The Morgan fingerprint density at radius 3 is 2.53 bits per heavy atom. The zero-order valence-corrected chi connectivity index (χ0v) is 19.4. The molecule has 0 bridgehead atoms. The SMILES string of the molecule is COc1ccccc1NS(=O)(=O)c1cccc(C(=O)N(c2ccccn2)[C@@H](C)c2ccco2)c1. The smallest absolute Gasteiger partial charge is 0.262 e. The van der Waals surface area contributed by atoms with Gasteiger partial charge in [-0.3, -0.25) is 14.4 Å². The number of amides is 1. The van der Waals surface area contributed by atoms with Gasteiger partial charge in [0.05, 0.1) is 30.0 Å². The van der Waals surface area contributed by atoms with Crippen molar-refractivity contribution in [2.75, 3.05) is 16.7 Å². The summed E-state index contributed by atoms with van der Waals surface area (Å²) in [4.78, 5) is 19.4. The molecule has 34 heavy (non-hydrogen) atoms. The summed E-state index contributed by atoms with van der Waals surface area (Å²) in [6.07, 6.45) is 3.12. The first-order chi connectivity index (χ1) is 16.4. The molecule has 2 aromatic heterocycles. The van der Waals surface area contributed by atoms with Gasteiger partial charge in [0.1, 0.15) is 17.3 Å². The van der Waals surface area contributed by atoms with E-state index >= 15 is 0 Å². The van der Waals surface area contributed by atoms with Crippen LogP contribution in [-0.2, 0) is 10.0 Å². The third kappa shape index (κ3) is 4.79. The number of hydrogen-bond acceptors (Lipinski definition) is 6. The Bertz CT molecular complexity index is 1370. The summed E-state index contributed by atoms with van der Waals surface area (Å²) < 4.78 is 39.4. The lowest BCUT2D eigenvalue weighted by Gasteiger charge is -2.27. The average Bonchev–Trinajstić information content (AvgIpc) is 3.40. The minimum absolute atomic E-state index is 0.0594. The zero-order valence-electron chi connectivity index (χ0n) is 18.6. The second-order valence-corrected chi connectivity index (χ2v) is 9.07. The Morgan fingerprint density at radius 2 is 1.82 bits per heavy atom. The molecule has 4 rings (SSSR count). The molecule has 0 unspecified atom stereocenters. The number of anilines is 2. The summed E-state index contributed by atoms with van der Waals surface area (Å²) in [5, 5.41) is 0. The average molecular weight is 478 g/mol. The van der Waals surface area contributed by atoms with Gasteiger partial charge >= 0.3 is 0 Å². The van der Waals surface area contributed by atoms with Crippen LogP contribution in [0.1, 0.15) is 29.1 Å². The number of ether oxygens (including phenoxy) is 1. The van der Waals surface area contributed by atoms with Gasteiger partial charge in [0, 0.05) is 11.8 Å². The standard InChI is InChI=1S/C25H23N3O5S/c1-18(22-13-8-16-33-22)28(24-14-5-6-15-26-24)25(29)19-9-7-10-20(17-19)34(30,31)27-21-11-3-4-12-23(21)32-2/h3-18,27H,1-2H3/t18-/m0/s1. The van der Waals surface area contributed by atoms with E-state index < -0.39 is 22.0 Å². The van der Waals surface area contributed by atoms with E-state index in [2.05, 4.69) is 9.71 Å². The minimum Gasteiger partial charge on any atom is -0.495 e. The number of pyridine rings is 1. The van der Waals surface area contributed by atoms with Crippen LogP contribution in [0.5, 0.6) is 5.75 Å². The molecule has 174 valence electrons. The topological polar surface area (TPSA) is 102 Å². The molecule has 0 aliphatic rings. The fourth-order valence-electron chi connectivity index (χ4n) is 3.50. The van der Waals surface area contributed by atoms with Crippen molar-refractivity contribution in [2.45, 2.75) is 17.9 Å². The maximum atomic E-state index is 13.6. The van der Waals surface area contributed by atoms with Crippen LogP contribution in [0.4, 0.5) is 11.5 Å². The number of carbonyl (C=O) groups excluding carboxylic acids is 1. The molecule has 0 saturated carbocycles. The Hall–Kier alpha value is -4.11. The van der Waals surface area contributed by atoms with E-state index in [1.807, 2.05) is 6.92 Å². The van der Waals surface area contributed by atoms with Crippen LogP contribution in [0.15, 0.2) is 101 Å². The maximum absolute atomic E-state index is 13.6. The predicted octanol–water partition coefficient (Wildman–Crippen LogP) is 4.89. The minimum atomic E-state index is -3.99. The number of nitrogens with zero attached hydrogens (tertiary/aromatic N) is 2. The molecule has 0 aliphatic heterocycles. The number of aromatic nitrogens is 1. The van der Waals surface area contributed by atoms with Crippen molar-refractivity contribution in [3.05, 3.63) is 103 Å². The zero-order chi connectivity index (χ0) is 24.1. The number of benzene rings is 2. The van der Waals surface area contributed by atoms with Crippen molar-refractivity contribution in [1.82, 2.24) is 4.98 Å². The Kier molecular flexibility index (Phi) is 6.65. The first kappa shape index (κ1) is 23.1. The monoisotopic (exact) mass is 477 g/mol. The third-order valence-electron chi connectivity index (χ3n) is 5.20. The van der Waals surface area contributed by atoms with Gasteiger partial charge in [-0.15, -0.1) is 0 Å². The van der Waals surface area contributed by atoms with Gasteiger partial charge < -0.3 is 9.15 Å². The first-order valence-corrected chi connectivity index (χ1v) is 11.9. The summed E-state index contributed by atoms with van der Waals surface area (Å²) in [6, 6.07) is 20.8. The van der Waals surface area contributed by atoms with Gasteiger partial charge in [-0.25, -0.2) is 13.4 Å². The fourth-order valence-corrected chi connectivity index (χ4v) is 4.61. The molecule has 0 aliphatic carbocycles. The van der Waals surface area contributed by atoms with Gasteiger partial charge in [0.25, 0.3) is 15.9 Å². The van der Waals surface area contributed by atoms with Crippen molar-refractivity contribution in [2.24, 2.45) is 0 Å². The van der Waals surface area contributed by atoms with E-state index in [-0.39, 0.29) is 10.5 Å². The molecule has 9 heteroatoms. The van der Waals surface area contributed by atoms with E-state index in [1.54, 1.807) is 66.9 Å². The van der Waals surface area contributed by atoms with E-state index in [0.29, 0.717) is 23.0 Å². The summed E-state index contributed by atoms with van der Waals surface area (Å²) in [6.45, 7) is 1.81. The molecule has 1 amide bonds. The number of carbonyl (C=O) groups is 1. The summed E-state index contributed by atoms with van der Waals surface area (Å²) in [5.74, 6) is 0.946. The maximum Gasteiger partial charge on any atom is 0.262 e. The quantitative estimate of drug-likeness (QED) is 0.388. The van der Waals surface area contributed by atoms with E-state index in [0.717, 1.165) is 0 Å². The normalized spacial score (nSPS) is 12.1. The van der Waals surface area contributed by atoms with Crippen LogP contribution < -0.4 is 14.4 Å². The molecule has 2 heterocycles. The number of methoxy groups -OCH3 is 1. The highest BCUT2D eigenvalue weighted by atomic mass is 32.2. The lowest BCUT2D eigenvalue weighted by atomic mass is 10.1. The molecule has 4 aromatic rings. The molecule has 1 atom stereocenters. The lowest BCUT2D eigenvalue weighted by molar-refractivity contribution is 0.0974. The van der Waals surface area contributed by atoms with Crippen molar-refractivity contribution >= 4 is 27.4 Å². The van der Waals surface area contributed by atoms with E-state index in [4.69, 9.17) is 9.15 Å². The van der Waals surface area contributed by atoms with Crippen LogP contribution in [0.25, 0.3) is 0 Å². The second kappa shape index (κ2) is 9.80. The molecular formula is C25H23N3O5S. The van der Waals surface area contributed by atoms with Crippen LogP contribution in [0.3, 0.4) is 0 Å². The van der Waals surface area contributed by atoms with Crippen LogP contribution in [-0.4, -0.2) is 26.4 Å². The van der Waals surface area contributed by atoms with Crippen molar-refractivity contribution in [1.29, 1.82) is 0 Å². The molecule has 0 saturated heterocycles. The van der Waals surface area contributed by atoms with Crippen LogP contribution >= 0.6 is 0 Å². The van der Waals surface area contributed by atoms with Crippen molar-refractivity contribution in [3.8, 4) is 5.75 Å². The highest BCUT2D eigenvalue weighted by Gasteiger charge is 2.28. The summed E-state index contributed by atoms with van der Waals surface area (Å²) >= 11 is 0. The van der Waals surface area contributed by atoms with Crippen molar-refractivity contribution < 1.29 is 22.4 Å². The number of para-hydroxylation sites is 2. The summed E-state index contributed by atoms with van der Waals surface area (Å²) in [5.41, 5.74) is 0.482. The van der Waals surface area contributed by atoms with Gasteiger partial charge in [0.15, 0.2) is 0 Å². The van der Waals surface area contributed by atoms with E-state index in [1.165, 1.54) is 36.5 Å². The molecular weight excluding hydrogens is 454 g/mol. The third-order valence-corrected chi connectivity index (χ3v) is 6.56. The van der Waals surface area contributed by atoms with Gasteiger partial charge in [-0.1, -0.05) is 24.3 Å². The highest BCUT2D eigenvalue weighted by Crippen LogP contribution is 2.29. The Labute approximate surface area is 197 Å². The predicted molar refractivity (Wildman–Crippen MR) is 128 cm³/mol. The molecule has 0 fully saturated rings. The highest BCUT2D eigenvalue weighted by molar-refractivity contribution is 7.92. The second-order valence-electron chi connectivity index (χ2n) is 7.39. The molecule has 1 N–H and O–H groups in total. The van der Waals surface area contributed by atoms with Gasteiger partial charge in [-0.2, -0.15) is 0 Å². The van der Waals surface area contributed by atoms with Crippen LogP contribution in [0, 0.1) is 0 Å². The molecule has 0 radical (unpaired) electrons. The first-order valence-electron chi connectivity index (χ1n) is 10.4.